The molecule has 5 heteroatoms. The van der Waals surface area contributed by atoms with Gasteiger partial charge in [0.25, 0.3) is 0 Å². The van der Waals surface area contributed by atoms with Crippen LogP contribution in [0.3, 0.4) is 0 Å². The Morgan fingerprint density at radius 1 is 0.750 bits per heavy atom. The first-order chi connectivity index (χ1) is 12.0. The maximum Gasteiger partial charge on any atom is -1.00 e. The van der Waals surface area contributed by atoms with E-state index in [2.05, 4.69) is 109 Å². The summed E-state index contributed by atoms with van der Waals surface area (Å²) in [4.78, 5) is 0. The second-order valence-corrected chi connectivity index (χ2v) is 11.4. The van der Waals surface area contributed by atoms with Gasteiger partial charge in [0.1, 0.15) is 0 Å². The van der Waals surface area contributed by atoms with E-state index in [9.17, 15) is 0 Å². The second-order valence-electron chi connectivity index (χ2n) is 7.19. The fourth-order valence-electron chi connectivity index (χ4n) is 4.32. The topological polar surface area (TPSA) is 0 Å². The van der Waals surface area contributed by atoms with Gasteiger partial charge in [-0.05, 0) is 0 Å². The van der Waals surface area contributed by atoms with Crippen molar-refractivity contribution in [2.75, 3.05) is 0 Å². The SMILES string of the molecule is CCC1=C(C)C(C)=C(C)[C]1([Ti+3])C[SiH](c1ccccc1)c1ccccc1.[Cl-].[Cl-].[Cl-]. The molecular formula is C23H27Cl3SiTi. The van der Waals surface area contributed by atoms with Crippen LogP contribution >= 0.6 is 0 Å². The van der Waals surface area contributed by atoms with Gasteiger partial charge in [0, 0.05) is 0 Å². The minimum absolute atomic E-state index is 0. The summed E-state index contributed by atoms with van der Waals surface area (Å²) >= 11 is 2.49. The van der Waals surface area contributed by atoms with E-state index >= 15 is 0 Å². The molecule has 1 atom stereocenters. The summed E-state index contributed by atoms with van der Waals surface area (Å²) in [6.07, 6.45) is 1.15. The van der Waals surface area contributed by atoms with Gasteiger partial charge in [0.05, 0.1) is 0 Å². The van der Waals surface area contributed by atoms with Crippen LogP contribution in [0.2, 0.25) is 9.76 Å². The van der Waals surface area contributed by atoms with E-state index in [4.69, 9.17) is 0 Å². The zero-order valence-corrected chi connectivity index (χ0v) is 21.9. The molecule has 0 spiro atoms. The molecule has 1 unspecified atom stereocenters. The van der Waals surface area contributed by atoms with Crippen LogP contribution in [-0.2, 0) is 20.4 Å². The van der Waals surface area contributed by atoms with Crippen molar-refractivity contribution in [2.45, 2.75) is 43.9 Å². The number of halogens is 3. The van der Waals surface area contributed by atoms with Crippen molar-refractivity contribution in [1.82, 2.24) is 0 Å². The van der Waals surface area contributed by atoms with Gasteiger partial charge in [0.2, 0.25) is 0 Å². The molecule has 28 heavy (non-hydrogen) atoms. The van der Waals surface area contributed by atoms with Crippen LogP contribution in [0.4, 0.5) is 0 Å². The van der Waals surface area contributed by atoms with Crippen molar-refractivity contribution in [3.8, 4) is 0 Å². The Bertz CT molecular complexity index is 779. The maximum atomic E-state index is 2.49. The van der Waals surface area contributed by atoms with Crippen LogP contribution in [0.5, 0.6) is 0 Å². The van der Waals surface area contributed by atoms with E-state index in [1.54, 1.807) is 21.5 Å². The average Bonchev–Trinajstić information content (AvgIpc) is 2.81. The molecular weight excluding hydrogens is 459 g/mol. The van der Waals surface area contributed by atoms with Crippen LogP contribution in [0.15, 0.2) is 83.0 Å². The first-order valence-corrected chi connectivity index (χ1v) is 12.0. The van der Waals surface area contributed by atoms with Gasteiger partial charge < -0.3 is 37.2 Å². The number of hydrogen-bond acceptors (Lipinski definition) is 0. The summed E-state index contributed by atoms with van der Waals surface area (Å²) in [5.41, 5.74) is 6.31. The maximum absolute atomic E-state index is 2.49. The van der Waals surface area contributed by atoms with Crippen LogP contribution in [-0.4, -0.2) is 8.80 Å². The van der Waals surface area contributed by atoms with Gasteiger partial charge >= 0.3 is 166 Å². The Kier molecular flexibility index (Phi) is 11.7. The van der Waals surface area contributed by atoms with Gasteiger partial charge in [0.15, 0.2) is 0 Å². The average molecular weight is 486 g/mol. The summed E-state index contributed by atoms with van der Waals surface area (Å²) in [6, 6.07) is 23.7. The van der Waals surface area contributed by atoms with Crippen molar-refractivity contribution in [3.05, 3.63) is 83.0 Å². The molecule has 0 aromatic heterocycles. The predicted molar refractivity (Wildman–Crippen MR) is 108 cm³/mol. The number of allylic oxidation sites excluding steroid dienone is 4. The standard InChI is InChI=1S/C23H27Si.3ClH.Ti/c1-5-22-18(3)17(2)19(4)23(22)16-24(20-12-8-6-9-13-20)21-14-10-7-11-15-21;;;;/h6-15,24H,5,16H2,1-4H3;3*1H;/q;;;;+3/p-3. The molecule has 0 saturated carbocycles. The predicted octanol–water partition coefficient (Wildman–Crippen LogP) is -4.18. The van der Waals surface area contributed by atoms with Crippen LogP contribution in [0.1, 0.15) is 34.1 Å². The summed E-state index contributed by atoms with van der Waals surface area (Å²) in [5, 5.41) is 3.11. The summed E-state index contributed by atoms with van der Waals surface area (Å²) in [6.45, 7) is 9.32. The smallest absolute Gasteiger partial charge is 1.00 e. The van der Waals surface area contributed by atoms with Crippen LogP contribution < -0.4 is 47.6 Å². The quantitative estimate of drug-likeness (QED) is 0.377. The van der Waals surface area contributed by atoms with Gasteiger partial charge in [-0.3, -0.25) is 0 Å². The minimum Gasteiger partial charge on any atom is -1.00 e. The molecule has 2 aromatic rings. The third kappa shape index (κ3) is 5.25. The molecule has 0 amide bonds. The van der Waals surface area contributed by atoms with Crippen LogP contribution in [0, 0.1) is 0 Å². The summed E-state index contributed by atoms with van der Waals surface area (Å²) in [5.74, 6) is 0. The molecule has 3 rings (SSSR count). The monoisotopic (exact) mass is 484 g/mol. The zero-order valence-electron chi connectivity index (χ0n) is 16.9. The van der Waals surface area contributed by atoms with Crippen molar-refractivity contribution >= 4 is 19.2 Å². The molecule has 0 N–H and O–H groups in total. The molecule has 0 saturated heterocycles. The first kappa shape index (κ1) is 27.7. The molecule has 0 aliphatic heterocycles. The number of hydrogen-bond donors (Lipinski definition) is 0. The van der Waals surface area contributed by atoms with E-state index in [0.717, 1.165) is 6.42 Å². The Morgan fingerprint density at radius 3 is 1.57 bits per heavy atom. The van der Waals surface area contributed by atoms with Crippen molar-refractivity contribution in [2.24, 2.45) is 0 Å². The Hall–Kier alpha value is -0.279. The van der Waals surface area contributed by atoms with E-state index in [-0.39, 0.29) is 40.9 Å². The molecule has 1 aliphatic rings. The van der Waals surface area contributed by atoms with Gasteiger partial charge in [-0.1, -0.05) is 0 Å². The fourth-order valence-corrected chi connectivity index (χ4v) is 9.54. The molecule has 1 aliphatic carbocycles. The molecule has 0 radical (unpaired) electrons. The number of benzene rings is 2. The Balaban J connectivity index is 0.00000243. The fraction of sp³-hybridized carbons (Fsp3) is 0.304. The van der Waals surface area contributed by atoms with E-state index in [1.165, 1.54) is 17.2 Å². The van der Waals surface area contributed by atoms with Crippen molar-refractivity contribution in [1.29, 1.82) is 0 Å². The first-order valence-electron chi connectivity index (χ1n) is 9.22. The van der Waals surface area contributed by atoms with Crippen LogP contribution in [0.25, 0.3) is 0 Å². The normalized spacial score (nSPS) is 18.5. The molecule has 0 bridgehead atoms. The van der Waals surface area contributed by atoms with E-state index < -0.39 is 8.80 Å². The Morgan fingerprint density at radius 2 is 1.18 bits per heavy atom. The van der Waals surface area contributed by atoms with Crippen molar-refractivity contribution < 1.29 is 57.7 Å². The molecule has 2 aromatic carbocycles. The molecule has 0 heterocycles. The van der Waals surface area contributed by atoms with E-state index in [0.29, 0.717) is 0 Å². The Labute approximate surface area is 202 Å². The van der Waals surface area contributed by atoms with Gasteiger partial charge in [-0.15, -0.1) is 0 Å². The van der Waals surface area contributed by atoms with E-state index in [1.807, 2.05) is 0 Å². The second kappa shape index (κ2) is 11.8. The zero-order chi connectivity index (χ0) is 18.0. The van der Waals surface area contributed by atoms with Gasteiger partial charge in [-0.25, -0.2) is 0 Å². The molecule has 148 valence electrons. The summed E-state index contributed by atoms with van der Waals surface area (Å²) in [7, 11) is -1.28. The summed E-state index contributed by atoms with van der Waals surface area (Å²) < 4.78 is 0.214. The third-order valence-corrected chi connectivity index (χ3v) is 11.4. The molecule has 0 fully saturated rings. The number of rotatable bonds is 5. The van der Waals surface area contributed by atoms with Crippen molar-refractivity contribution in [3.63, 3.8) is 0 Å². The minimum atomic E-state index is -1.28. The van der Waals surface area contributed by atoms with Gasteiger partial charge in [-0.2, -0.15) is 0 Å². The third-order valence-electron chi connectivity index (χ3n) is 6.00. The molecule has 0 nitrogen and oxygen atoms in total. The largest absolute Gasteiger partial charge is 1.00 e.